The van der Waals surface area contributed by atoms with Gasteiger partial charge in [0.25, 0.3) is 0 Å². The fourth-order valence-electron chi connectivity index (χ4n) is 3.88. The molecule has 0 aliphatic rings. The Hall–Kier alpha value is -4.79. The van der Waals surface area contributed by atoms with Crippen LogP contribution in [0, 0.1) is 0 Å². The number of rotatable bonds is 16. The van der Waals surface area contributed by atoms with E-state index >= 15 is 0 Å². The predicted octanol–water partition coefficient (Wildman–Crippen LogP) is 6.36. The molecule has 4 N–H and O–H groups in total. The van der Waals surface area contributed by atoms with Crippen molar-refractivity contribution in [3.8, 4) is 17.2 Å². The molecule has 9 nitrogen and oxygen atoms in total. The van der Waals surface area contributed by atoms with Crippen LogP contribution < -0.4 is 25.7 Å². The second-order valence-electron chi connectivity index (χ2n) is 9.66. The third-order valence-electron chi connectivity index (χ3n) is 6.05. The highest BCUT2D eigenvalue weighted by Gasteiger charge is 2.09. The zero-order valence-electron chi connectivity index (χ0n) is 23.9. The Morgan fingerprint density at radius 1 is 0.714 bits per heavy atom. The van der Waals surface area contributed by atoms with E-state index in [1.807, 2.05) is 24.3 Å². The lowest BCUT2D eigenvalue weighted by Crippen LogP contribution is -2.08. The molecule has 3 rings (SSSR count). The van der Waals surface area contributed by atoms with Crippen LogP contribution in [-0.4, -0.2) is 31.1 Å². The molecule has 0 aliphatic carbocycles. The van der Waals surface area contributed by atoms with E-state index in [4.69, 9.17) is 30.4 Å². The van der Waals surface area contributed by atoms with Gasteiger partial charge < -0.3 is 30.4 Å². The van der Waals surface area contributed by atoms with Crippen LogP contribution in [0.4, 0.5) is 11.4 Å². The number of nitrogen functional groups attached to an aromatic ring is 2. The quantitative estimate of drug-likeness (QED) is 0.0657. The van der Waals surface area contributed by atoms with Crippen molar-refractivity contribution in [3.05, 3.63) is 83.9 Å². The predicted molar refractivity (Wildman–Crippen MR) is 162 cm³/mol. The summed E-state index contributed by atoms with van der Waals surface area (Å²) >= 11 is 0. The normalized spacial score (nSPS) is 10.8. The summed E-state index contributed by atoms with van der Waals surface area (Å²) < 4.78 is 21.6. The molecule has 3 aromatic rings. The first-order valence-corrected chi connectivity index (χ1v) is 14.1. The Morgan fingerprint density at radius 3 is 2.00 bits per heavy atom. The fourth-order valence-corrected chi connectivity index (χ4v) is 3.88. The number of carbonyl (C=O) groups is 3. The monoisotopic (exact) mass is 574 g/mol. The number of ether oxygens (including phenoxy) is 4. The molecule has 222 valence electrons. The SMILES string of the molecule is CCCCCC(=O)Oc1ccc(OC(=O)/C=C/c2ccc(OCCCCCOC(=O)c3cc(N)cc(N)c3)cc2)cc1. The number of hydrogen-bond acceptors (Lipinski definition) is 9. The number of esters is 3. The van der Waals surface area contributed by atoms with Gasteiger partial charge in [-0.25, -0.2) is 9.59 Å². The van der Waals surface area contributed by atoms with Crippen LogP contribution in [0.15, 0.2) is 72.8 Å². The molecular weight excluding hydrogens is 536 g/mol. The molecule has 3 aromatic carbocycles. The number of benzene rings is 3. The Morgan fingerprint density at radius 2 is 1.33 bits per heavy atom. The van der Waals surface area contributed by atoms with Gasteiger partial charge in [-0.05, 0) is 91.9 Å². The van der Waals surface area contributed by atoms with E-state index in [9.17, 15) is 14.4 Å². The van der Waals surface area contributed by atoms with Gasteiger partial charge in [0, 0.05) is 23.9 Å². The van der Waals surface area contributed by atoms with Gasteiger partial charge in [0.05, 0.1) is 18.8 Å². The van der Waals surface area contributed by atoms with Gasteiger partial charge in [-0.15, -0.1) is 0 Å². The highest BCUT2D eigenvalue weighted by atomic mass is 16.5. The summed E-state index contributed by atoms with van der Waals surface area (Å²) in [7, 11) is 0. The van der Waals surface area contributed by atoms with Crippen LogP contribution in [0.3, 0.4) is 0 Å². The van der Waals surface area contributed by atoms with Crippen molar-refractivity contribution in [2.75, 3.05) is 24.7 Å². The molecular formula is C33H38N2O7. The summed E-state index contributed by atoms with van der Waals surface area (Å²) in [5.74, 6) is 0.234. The van der Waals surface area contributed by atoms with Gasteiger partial charge >= 0.3 is 17.9 Å². The lowest BCUT2D eigenvalue weighted by atomic mass is 10.2. The maximum absolute atomic E-state index is 12.2. The van der Waals surface area contributed by atoms with Crippen LogP contribution >= 0.6 is 0 Å². The Bertz CT molecular complexity index is 1320. The largest absolute Gasteiger partial charge is 0.494 e. The summed E-state index contributed by atoms with van der Waals surface area (Å²) in [6.07, 6.45) is 8.55. The van der Waals surface area contributed by atoms with E-state index in [-0.39, 0.29) is 5.97 Å². The van der Waals surface area contributed by atoms with Crippen molar-refractivity contribution in [2.24, 2.45) is 0 Å². The van der Waals surface area contributed by atoms with Crippen molar-refractivity contribution in [3.63, 3.8) is 0 Å². The van der Waals surface area contributed by atoms with Crippen LogP contribution in [0.5, 0.6) is 17.2 Å². The first kappa shape index (κ1) is 31.7. The number of carbonyl (C=O) groups excluding carboxylic acids is 3. The molecule has 0 spiro atoms. The summed E-state index contributed by atoms with van der Waals surface area (Å²) in [6.45, 7) is 2.90. The number of nitrogens with two attached hydrogens (primary N) is 2. The smallest absolute Gasteiger partial charge is 0.338 e. The zero-order valence-corrected chi connectivity index (χ0v) is 23.9. The summed E-state index contributed by atoms with van der Waals surface area (Å²) in [5, 5.41) is 0. The topological polar surface area (TPSA) is 140 Å². The molecule has 0 heterocycles. The van der Waals surface area contributed by atoms with Crippen LogP contribution in [0.2, 0.25) is 0 Å². The van der Waals surface area contributed by atoms with Gasteiger partial charge in [0.2, 0.25) is 0 Å². The fraction of sp³-hybridized carbons (Fsp3) is 0.303. The summed E-state index contributed by atoms with van der Waals surface area (Å²) in [4.78, 5) is 36.1. The molecule has 0 aliphatic heterocycles. The Labute approximate surface area is 246 Å². The van der Waals surface area contributed by atoms with Gasteiger partial charge in [-0.3, -0.25) is 4.79 Å². The lowest BCUT2D eigenvalue weighted by molar-refractivity contribution is -0.134. The second-order valence-corrected chi connectivity index (χ2v) is 9.66. The highest BCUT2D eigenvalue weighted by Crippen LogP contribution is 2.19. The number of unbranched alkanes of at least 4 members (excludes halogenated alkanes) is 4. The third kappa shape index (κ3) is 11.8. The molecule has 0 radical (unpaired) electrons. The lowest BCUT2D eigenvalue weighted by Gasteiger charge is -2.08. The van der Waals surface area contributed by atoms with Gasteiger partial charge in [0.15, 0.2) is 0 Å². The van der Waals surface area contributed by atoms with Gasteiger partial charge in [0.1, 0.15) is 17.2 Å². The molecule has 0 bridgehead atoms. The average molecular weight is 575 g/mol. The van der Waals surface area contributed by atoms with E-state index in [1.54, 1.807) is 36.4 Å². The van der Waals surface area contributed by atoms with Gasteiger partial charge in [-0.1, -0.05) is 31.9 Å². The average Bonchev–Trinajstić information content (AvgIpc) is 2.97. The zero-order chi connectivity index (χ0) is 30.2. The molecule has 9 heteroatoms. The van der Waals surface area contributed by atoms with Crippen molar-refractivity contribution in [1.82, 2.24) is 0 Å². The van der Waals surface area contributed by atoms with Crippen LogP contribution in [0.25, 0.3) is 6.08 Å². The van der Waals surface area contributed by atoms with Gasteiger partial charge in [-0.2, -0.15) is 0 Å². The molecule has 0 saturated heterocycles. The Balaban J connectivity index is 1.30. The minimum atomic E-state index is -0.526. The molecule has 0 fully saturated rings. The minimum absolute atomic E-state index is 0.273. The maximum Gasteiger partial charge on any atom is 0.338 e. The van der Waals surface area contributed by atoms with Crippen molar-refractivity contribution in [1.29, 1.82) is 0 Å². The van der Waals surface area contributed by atoms with E-state index in [0.29, 0.717) is 60.2 Å². The summed E-state index contributed by atoms with van der Waals surface area (Å²) in [5.41, 5.74) is 13.4. The van der Waals surface area contributed by atoms with Crippen molar-refractivity contribution in [2.45, 2.75) is 51.9 Å². The first-order valence-electron chi connectivity index (χ1n) is 14.1. The van der Waals surface area contributed by atoms with E-state index in [1.165, 1.54) is 18.2 Å². The molecule has 0 aromatic heterocycles. The standard InChI is InChI=1S/C33H38N2O7/c1-2-3-5-8-31(36)41-29-14-16-30(17-15-29)42-32(37)18-11-24-9-12-28(13-10-24)39-19-6-4-7-20-40-33(38)25-21-26(34)23-27(35)22-25/h9-18,21-23H,2-8,19-20,34-35H2,1H3/b18-11+. The minimum Gasteiger partial charge on any atom is -0.494 e. The molecule has 0 unspecified atom stereocenters. The second kappa shape index (κ2) is 17.1. The molecule has 0 atom stereocenters. The van der Waals surface area contributed by atoms with E-state index in [0.717, 1.165) is 37.7 Å². The first-order chi connectivity index (χ1) is 20.3. The van der Waals surface area contributed by atoms with Crippen molar-refractivity contribution < 1.29 is 33.3 Å². The van der Waals surface area contributed by atoms with Crippen molar-refractivity contribution >= 4 is 35.4 Å². The van der Waals surface area contributed by atoms with E-state index in [2.05, 4.69) is 6.92 Å². The molecule has 0 amide bonds. The highest BCUT2D eigenvalue weighted by molar-refractivity contribution is 5.91. The van der Waals surface area contributed by atoms with E-state index < -0.39 is 11.9 Å². The number of anilines is 2. The Kier molecular flexibility index (Phi) is 12.9. The number of hydrogen-bond donors (Lipinski definition) is 2. The molecule has 0 saturated carbocycles. The molecule has 42 heavy (non-hydrogen) atoms. The van der Waals surface area contributed by atoms with Crippen LogP contribution in [0.1, 0.15) is 67.8 Å². The van der Waals surface area contributed by atoms with Crippen LogP contribution in [-0.2, 0) is 14.3 Å². The summed E-state index contributed by atoms with van der Waals surface area (Å²) in [6, 6.07) is 18.3. The third-order valence-corrected chi connectivity index (χ3v) is 6.05. The maximum atomic E-state index is 12.2.